The molecule has 0 saturated heterocycles. The number of hydrogen-bond acceptors (Lipinski definition) is 7. The number of allylic oxidation sites excluding steroid dienone is 2. The van der Waals surface area contributed by atoms with E-state index in [1.54, 1.807) is 24.7 Å². The molecule has 2 aromatic rings. The normalized spacial score (nSPS) is 15.4. The van der Waals surface area contributed by atoms with Gasteiger partial charge in [0.25, 0.3) is 0 Å². The molecule has 2 N–H and O–H groups in total. The van der Waals surface area contributed by atoms with Gasteiger partial charge in [-0.05, 0) is 30.0 Å². The van der Waals surface area contributed by atoms with Crippen LogP contribution in [0.1, 0.15) is 18.2 Å². The lowest BCUT2D eigenvalue weighted by Crippen LogP contribution is -2.07. The van der Waals surface area contributed by atoms with Crippen LogP contribution in [0.2, 0.25) is 0 Å². The number of nitrogens with one attached hydrogen (secondary N) is 2. The third-order valence-corrected chi connectivity index (χ3v) is 4.10. The molecule has 0 atom stereocenters. The molecule has 23 heavy (non-hydrogen) atoms. The molecular weight excluding hydrogens is 308 g/mol. The highest BCUT2D eigenvalue weighted by atomic mass is 32.2. The number of pyridine rings is 1. The van der Waals surface area contributed by atoms with Crippen molar-refractivity contribution in [3.63, 3.8) is 0 Å². The standard InChI is InChI=1S/C16H14N6S/c1-11-10-23-15(21-11)13(7-17)14-4-6-19-16(22-14)20-9-12-3-2-5-18-8-12/h2-6,8,10,21H,9H2,1H3,(H,19,20,22). The van der Waals surface area contributed by atoms with Crippen LogP contribution < -0.4 is 10.6 Å². The summed E-state index contributed by atoms with van der Waals surface area (Å²) in [7, 11) is 0. The van der Waals surface area contributed by atoms with E-state index < -0.39 is 0 Å². The molecule has 0 unspecified atom stereocenters. The molecule has 1 aliphatic rings. The van der Waals surface area contributed by atoms with E-state index in [0.29, 0.717) is 23.8 Å². The molecule has 0 fully saturated rings. The first-order valence-electron chi connectivity index (χ1n) is 6.97. The van der Waals surface area contributed by atoms with E-state index in [2.05, 4.69) is 31.7 Å². The number of nitrogens with zero attached hydrogens (tertiary/aromatic N) is 4. The Labute approximate surface area is 138 Å². The van der Waals surface area contributed by atoms with E-state index in [-0.39, 0.29) is 0 Å². The molecule has 1 aliphatic heterocycles. The zero-order chi connectivity index (χ0) is 16.1. The average molecular weight is 322 g/mol. The minimum absolute atomic E-state index is 0.479. The number of thioether (sulfide) groups is 1. The molecule has 0 radical (unpaired) electrons. The Balaban J connectivity index is 1.78. The second kappa shape index (κ2) is 6.94. The third kappa shape index (κ3) is 3.67. The van der Waals surface area contributed by atoms with Crippen LogP contribution in [0, 0.1) is 11.3 Å². The maximum atomic E-state index is 9.45. The van der Waals surface area contributed by atoms with Gasteiger partial charge in [0.15, 0.2) is 0 Å². The van der Waals surface area contributed by atoms with E-state index >= 15 is 0 Å². The van der Waals surface area contributed by atoms with Gasteiger partial charge in [-0.15, -0.1) is 0 Å². The van der Waals surface area contributed by atoms with Gasteiger partial charge in [0.05, 0.1) is 10.7 Å². The van der Waals surface area contributed by atoms with Crippen LogP contribution in [0.4, 0.5) is 5.95 Å². The molecule has 0 spiro atoms. The minimum atomic E-state index is 0.479. The van der Waals surface area contributed by atoms with Crippen molar-refractivity contribution in [2.75, 3.05) is 5.32 Å². The Morgan fingerprint density at radius 2 is 2.30 bits per heavy atom. The highest BCUT2D eigenvalue weighted by Gasteiger charge is 2.15. The topological polar surface area (TPSA) is 86.5 Å². The van der Waals surface area contributed by atoms with Crippen molar-refractivity contribution in [3.8, 4) is 6.07 Å². The van der Waals surface area contributed by atoms with E-state index in [1.165, 1.54) is 11.8 Å². The summed E-state index contributed by atoms with van der Waals surface area (Å²) in [6, 6.07) is 7.80. The molecule has 0 amide bonds. The molecule has 0 bridgehead atoms. The summed E-state index contributed by atoms with van der Waals surface area (Å²) in [5, 5.41) is 18.5. The van der Waals surface area contributed by atoms with E-state index in [0.717, 1.165) is 16.3 Å². The average Bonchev–Trinajstić information content (AvgIpc) is 3.01. The Bertz CT molecular complexity index is 807. The Hall–Kier alpha value is -2.85. The van der Waals surface area contributed by atoms with Gasteiger partial charge in [-0.2, -0.15) is 5.26 Å². The van der Waals surface area contributed by atoms with Crippen molar-refractivity contribution < 1.29 is 0 Å². The first-order valence-corrected chi connectivity index (χ1v) is 7.85. The highest BCUT2D eigenvalue weighted by molar-refractivity contribution is 8.06. The first-order chi connectivity index (χ1) is 11.3. The predicted molar refractivity (Wildman–Crippen MR) is 90.6 cm³/mol. The fourth-order valence-electron chi connectivity index (χ4n) is 2.00. The second-order valence-corrected chi connectivity index (χ2v) is 5.72. The van der Waals surface area contributed by atoms with Gasteiger partial charge in [0.2, 0.25) is 5.95 Å². The highest BCUT2D eigenvalue weighted by Crippen LogP contribution is 2.30. The van der Waals surface area contributed by atoms with E-state index in [4.69, 9.17) is 0 Å². The molecule has 114 valence electrons. The summed E-state index contributed by atoms with van der Waals surface area (Å²) >= 11 is 1.49. The minimum Gasteiger partial charge on any atom is -0.352 e. The monoisotopic (exact) mass is 322 g/mol. The van der Waals surface area contributed by atoms with E-state index in [9.17, 15) is 5.26 Å². The molecular formula is C16H14N6S. The van der Waals surface area contributed by atoms with Crippen LogP contribution in [-0.2, 0) is 6.54 Å². The molecule has 0 aliphatic carbocycles. The molecule has 7 heteroatoms. The van der Waals surface area contributed by atoms with Gasteiger partial charge in [0.1, 0.15) is 11.6 Å². The maximum absolute atomic E-state index is 9.45. The summed E-state index contributed by atoms with van der Waals surface area (Å²) < 4.78 is 0. The lowest BCUT2D eigenvalue weighted by atomic mass is 10.2. The van der Waals surface area contributed by atoms with Gasteiger partial charge in [-0.25, -0.2) is 9.97 Å². The second-order valence-electron chi connectivity index (χ2n) is 4.84. The quantitative estimate of drug-likeness (QED) is 0.837. The fourth-order valence-corrected chi connectivity index (χ4v) is 2.84. The summed E-state index contributed by atoms with van der Waals surface area (Å²) in [5.41, 5.74) is 3.15. The van der Waals surface area contributed by atoms with Crippen molar-refractivity contribution in [1.29, 1.82) is 5.26 Å². The molecule has 0 aromatic carbocycles. The van der Waals surface area contributed by atoms with Crippen molar-refractivity contribution in [2.45, 2.75) is 13.5 Å². The van der Waals surface area contributed by atoms with Gasteiger partial charge >= 0.3 is 0 Å². The van der Waals surface area contributed by atoms with Crippen molar-refractivity contribution in [3.05, 3.63) is 64.2 Å². The zero-order valence-corrected chi connectivity index (χ0v) is 13.3. The van der Waals surface area contributed by atoms with Crippen LogP contribution in [0.25, 0.3) is 5.57 Å². The summed E-state index contributed by atoms with van der Waals surface area (Å²) in [6.07, 6.45) is 5.16. The summed E-state index contributed by atoms with van der Waals surface area (Å²) in [6.45, 7) is 2.53. The molecule has 6 nitrogen and oxygen atoms in total. The number of anilines is 1. The Morgan fingerprint density at radius 3 is 3.00 bits per heavy atom. The lowest BCUT2D eigenvalue weighted by molar-refractivity contribution is 1.03. The maximum Gasteiger partial charge on any atom is 0.223 e. The van der Waals surface area contributed by atoms with E-state index in [1.807, 2.05) is 24.5 Å². The van der Waals surface area contributed by atoms with Gasteiger partial charge in [0, 0.05) is 30.8 Å². The first kappa shape index (κ1) is 15.1. The molecule has 3 heterocycles. The largest absolute Gasteiger partial charge is 0.352 e. The SMILES string of the molecule is CC1=CSC(=C(C#N)c2ccnc(NCc3cccnc3)n2)N1. The van der Waals surface area contributed by atoms with Crippen molar-refractivity contribution in [2.24, 2.45) is 0 Å². The lowest BCUT2D eigenvalue weighted by Gasteiger charge is -2.08. The van der Waals surface area contributed by atoms with Crippen molar-refractivity contribution >= 4 is 23.3 Å². The number of nitriles is 1. The van der Waals surface area contributed by atoms with Crippen LogP contribution in [0.15, 0.2) is 52.9 Å². The fraction of sp³-hybridized carbons (Fsp3) is 0.125. The molecule has 3 rings (SSSR count). The van der Waals surface area contributed by atoms with Crippen LogP contribution >= 0.6 is 11.8 Å². The molecule has 0 saturated carbocycles. The van der Waals surface area contributed by atoms with Crippen LogP contribution in [0.3, 0.4) is 0 Å². The Kier molecular flexibility index (Phi) is 4.54. The van der Waals surface area contributed by atoms with Gasteiger partial charge < -0.3 is 10.6 Å². The van der Waals surface area contributed by atoms with Crippen molar-refractivity contribution in [1.82, 2.24) is 20.3 Å². The van der Waals surface area contributed by atoms with Gasteiger partial charge in [-0.3, -0.25) is 4.98 Å². The van der Waals surface area contributed by atoms with Crippen LogP contribution in [0.5, 0.6) is 0 Å². The summed E-state index contributed by atoms with van der Waals surface area (Å²) in [4.78, 5) is 12.7. The number of aromatic nitrogens is 3. The predicted octanol–water partition coefficient (Wildman–Crippen LogP) is 2.87. The number of rotatable bonds is 4. The summed E-state index contributed by atoms with van der Waals surface area (Å²) in [5.74, 6) is 0.479. The molecule has 2 aromatic heterocycles. The zero-order valence-electron chi connectivity index (χ0n) is 12.4. The third-order valence-electron chi connectivity index (χ3n) is 3.09. The Morgan fingerprint density at radius 1 is 1.39 bits per heavy atom. The smallest absolute Gasteiger partial charge is 0.223 e. The van der Waals surface area contributed by atoms with Gasteiger partial charge in [-0.1, -0.05) is 17.8 Å². The van der Waals surface area contributed by atoms with Crippen LogP contribution in [-0.4, -0.2) is 15.0 Å². The number of hydrogen-bond donors (Lipinski definition) is 2.